The van der Waals surface area contributed by atoms with Gasteiger partial charge in [-0.2, -0.15) is 0 Å². The van der Waals surface area contributed by atoms with Gasteiger partial charge in [-0.25, -0.2) is 4.79 Å². The van der Waals surface area contributed by atoms with Crippen molar-refractivity contribution in [3.05, 3.63) is 23.2 Å². The molecule has 0 radical (unpaired) electrons. The molecule has 0 unspecified atom stereocenters. The second-order valence-corrected chi connectivity index (χ2v) is 4.46. The Morgan fingerprint density at radius 3 is 2.94 bits per heavy atom. The van der Waals surface area contributed by atoms with Crippen molar-refractivity contribution in [3.63, 3.8) is 0 Å². The molecule has 0 bridgehead atoms. The molecule has 0 aliphatic carbocycles. The Morgan fingerprint density at radius 1 is 1.67 bits per heavy atom. The van der Waals surface area contributed by atoms with E-state index in [-0.39, 0.29) is 24.4 Å². The minimum absolute atomic E-state index is 0. The summed E-state index contributed by atoms with van der Waals surface area (Å²) in [4.78, 5) is 13.6. The fourth-order valence-corrected chi connectivity index (χ4v) is 2.16. The normalized spacial score (nSPS) is 19.6. The average Bonchev–Trinajstić information content (AvgIpc) is 2.85. The highest BCUT2D eigenvalue weighted by molar-refractivity contribution is 5.90. The first-order valence-electron chi connectivity index (χ1n) is 5.75. The molecule has 1 aromatic heterocycles. The van der Waals surface area contributed by atoms with Gasteiger partial charge in [-0.1, -0.05) is 0 Å². The number of carbonyl (C=O) groups is 1. The lowest BCUT2D eigenvalue weighted by atomic mass is 10.2. The molecule has 1 aliphatic rings. The van der Waals surface area contributed by atoms with Crippen LogP contribution in [-0.2, 0) is 11.3 Å². The standard InChI is InChI=1S/C12H18N2O3.ClH/c1-8-11(12(15)16-2)5-10(17-8)7-14-4-3-9(13)6-14;/h5,9H,3-4,6-7,13H2,1-2H3;1H/t9-;/m1./s1. The van der Waals surface area contributed by atoms with Crippen molar-refractivity contribution < 1.29 is 13.9 Å². The molecule has 0 aromatic carbocycles. The van der Waals surface area contributed by atoms with E-state index >= 15 is 0 Å². The van der Waals surface area contributed by atoms with E-state index in [1.54, 1.807) is 13.0 Å². The molecule has 102 valence electrons. The van der Waals surface area contributed by atoms with Gasteiger partial charge in [0.1, 0.15) is 17.1 Å². The molecule has 2 rings (SSSR count). The van der Waals surface area contributed by atoms with E-state index in [1.807, 2.05) is 0 Å². The van der Waals surface area contributed by atoms with Crippen LogP contribution in [0.5, 0.6) is 0 Å². The molecule has 1 aliphatic heterocycles. The fraction of sp³-hybridized carbons (Fsp3) is 0.583. The molecule has 18 heavy (non-hydrogen) atoms. The Labute approximate surface area is 113 Å². The minimum Gasteiger partial charge on any atom is -0.465 e. The first kappa shape index (κ1) is 15.0. The number of halogens is 1. The van der Waals surface area contributed by atoms with Crippen molar-refractivity contribution in [3.8, 4) is 0 Å². The zero-order chi connectivity index (χ0) is 12.4. The number of furan rings is 1. The van der Waals surface area contributed by atoms with Gasteiger partial charge >= 0.3 is 5.97 Å². The van der Waals surface area contributed by atoms with E-state index in [0.29, 0.717) is 17.9 Å². The third-order valence-electron chi connectivity index (χ3n) is 3.06. The lowest BCUT2D eigenvalue weighted by Gasteiger charge is -2.12. The molecule has 0 saturated carbocycles. The zero-order valence-corrected chi connectivity index (χ0v) is 11.5. The zero-order valence-electron chi connectivity index (χ0n) is 10.6. The van der Waals surface area contributed by atoms with Crippen LogP contribution < -0.4 is 5.73 Å². The van der Waals surface area contributed by atoms with Gasteiger partial charge in [0.05, 0.1) is 13.7 Å². The van der Waals surface area contributed by atoms with E-state index in [1.165, 1.54) is 7.11 Å². The number of aryl methyl sites for hydroxylation is 1. The van der Waals surface area contributed by atoms with Gasteiger partial charge in [-0.15, -0.1) is 12.4 Å². The number of nitrogens with zero attached hydrogens (tertiary/aromatic N) is 1. The van der Waals surface area contributed by atoms with Gasteiger partial charge in [-0.3, -0.25) is 4.90 Å². The van der Waals surface area contributed by atoms with E-state index in [0.717, 1.165) is 25.3 Å². The molecule has 5 nitrogen and oxygen atoms in total. The number of esters is 1. The van der Waals surface area contributed by atoms with Crippen molar-refractivity contribution in [2.24, 2.45) is 5.73 Å². The lowest BCUT2D eigenvalue weighted by Crippen LogP contribution is -2.26. The molecule has 1 atom stereocenters. The number of hydrogen-bond acceptors (Lipinski definition) is 5. The Bertz CT molecular complexity index is 419. The van der Waals surface area contributed by atoms with E-state index in [9.17, 15) is 4.79 Å². The third-order valence-corrected chi connectivity index (χ3v) is 3.06. The van der Waals surface area contributed by atoms with Gasteiger partial charge in [0, 0.05) is 19.1 Å². The predicted molar refractivity (Wildman–Crippen MR) is 69.9 cm³/mol. The molecule has 1 saturated heterocycles. The smallest absolute Gasteiger partial charge is 0.341 e. The third kappa shape index (κ3) is 3.25. The van der Waals surface area contributed by atoms with Crippen molar-refractivity contribution in [1.82, 2.24) is 4.90 Å². The number of hydrogen-bond donors (Lipinski definition) is 1. The SMILES string of the molecule is COC(=O)c1cc(CN2CC[C@@H](N)C2)oc1C.Cl. The van der Waals surface area contributed by atoms with Gasteiger partial charge in [0.25, 0.3) is 0 Å². The number of likely N-dealkylation sites (tertiary alicyclic amines) is 1. The molecule has 6 heteroatoms. The highest BCUT2D eigenvalue weighted by atomic mass is 35.5. The molecule has 0 spiro atoms. The Kier molecular flexibility index (Phi) is 5.19. The van der Waals surface area contributed by atoms with Crippen LogP contribution in [0.3, 0.4) is 0 Å². The summed E-state index contributed by atoms with van der Waals surface area (Å²) in [5.74, 6) is 1.04. The molecular formula is C12H19ClN2O3. The van der Waals surface area contributed by atoms with Crippen molar-refractivity contribution in [2.75, 3.05) is 20.2 Å². The lowest BCUT2D eigenvalue weighted by molar-refractivity contribution is 0.0599. The second kappa shape index (κ2) is 6.22. The van der Waals surface area contributed by atoms with Gasteiger partial charge in [0.2, 0.25) is 0 Å². The van der Waals surface area contributed by atoms with Crippen LogP contribution in [0.4, 0.5) is 0 Å². The minimum atomic E-state index is -0.351. The largest absolute Gasteiger partial charge is 0.465 e. The quantitative estimate of drug-likeness (QED) is 0.842. The van der Waals surface area contributed by atoms with Crippen molar-refractivity contribution >= 4 is 18.4 Å². The van der Waals surface area contributed by atoms with Crippen LogP contribution in [-0.4, -0.2) is 37.1 Å². The van der Waals surface area contributed by atoms with Crippen LogP contribution in [0.1, 0.15) is 28.3 Å². The monoisotopic (exact) mass is 274 g/mol. The summed E-state index contributed by atoms with van der Waals surface area (Å²) >= 11 is 0. The Balaban J connectivity index is 0.00000162. The molecule has 0 amide bonds. The summed E-state index contributed by atoms with van der Waals surface area (Å²) < 4.78 is 10.2. The fourth-order valence-electron chi connectivity index (χ4n) is 2.16. The summed E-state index contributed by atoms with van der Waals surface area (Å²) in [6.45, 7) is 4.33. The molecule has 1 aromatic rings. The number of carbonyl (C=O) groups excluding carboxylic acids is 1. The number of methoxy groups -OCH3 is 1. The topological polar surface area (TPSA) is 68.7 Å². The van der Waals surface area contributed by atoms with Crippen LogP contribution in [0.25, 0.3) is 0 Å². The maximum atomic E-state index is 11.4. The van der Waals surface area contributed by atoms with E-state index in [4.69, 9.17) is 10.2 Å². The molecule has 2 heterocycles. The van der Waals surface area contributed by atoms with E-state index < -0.39 is 0 Å². The summed E-state index contributed by atoms with van der Waals surface area (Å²) in [6, 6.07) is 2.01. The van der Waals surface area contributed by atoms with Gasteiger partial charge in [0.15, 0.2) is 0 Å². The average molecular weight is 275 g/mol. The first-order valence-corrected chi connectivity index (χ1v) is 5.75. The second-order valence-electron chi connectivity index (χ2n) is 4.46. The summed E-state index contributed by atoms with van der Waals surface area (Å²) in [5.41, 5.74) is 6.34. The summed E-state index contributed by atoms with van der Waals surface area (Å²) in [6.07, 6.45) is 1.02. The number of nitrogens with two attached hydrogens (primary N) is 1. The van der Waals surface area contributed by atoms with Crippen LogP contribution in [0, 0.1) is 6.92 Å². The van der Waals surface area contributed by atoms with Crippen molar-refractivity contribution in [2.45, 2.75) is 25.9 Å². The van der Waals surface area contributed by atoms with Crippen LogP contribution in [0.2, 0.25) is 0 Å². The molecule has 1 fully saturated rings. The first-order chi connectivity index (χ1) is 8.10. The molecule has 2 N–H and O–H groups in total. The van der Waals surface area contributed by atoms with Crippen LogP contribution >= 0.6 is 12.4 Å². The van der Waals surface area contributed by atoms with Crippen LogP contribution in [0.15, 0.2) is 10.5 Å². The summed E-state index contributed by atoms with van der Waals surface area (Å²) in [7, 11) is 1.37. The summed E-state index contributed by atoms with van der Waals surface area (Å²) in [5, 5.41) is 0. The number of rotatable bonds is 3. The highest BCUT2D eigenvalue weighted by Gasteiger charge is 2.22. The van der Waals surface area contributed by atoms with Crippen molar-refractivity contribution in [1.29, 1.82) is 0 Å². The Hall–Kier alpha value is -1.04. The van der Waals surface area contributed by atoms with E-state index in [2.05, 4.69) is 9.64 Å². The predicted octanol–water partition coefficient (Wildman–Crippen LogP) is 1.33. The molecular weight excluding hydrogens is 256 g/mol. The highest BCUT2D eigenvalue weighted by Crippen LogP contribution is 2.19. The number of ether oxygens (including phenoxy) is 1. The maximum absolute atomic E-state index is 11.4. The Morgan fingerprint density at radius 2 is 2.39 bits per heavy atom. The van der Waals surface area contributed by atoms with Gasteiger partial charge in [-0.05, 0) is 19.4 Å². The van der Waals surface area contributed by atoms with Gasteiger partial charge < -0.3 is 14.9 Å². The maximum Gasteiger partial charge on any atom is 0.341 e.